The van der Waals surface area contributed by atoms with Gasteiger partial charge in [-0.1, -0.05) is 38.1 Å². The Kier molecular flexibility index (Phi) is 7.86. The molecule has 0 radical (unpaired) electrons. The summed E-state index contributed by atoms with van der Waals surface area (Å²) in [4.78, 5) is 17.4. The largest absolute Gasteiger partial charge is 0.493 e. The highest BCUT2D eigenvalue weighted by Crippen LogP contribution is 2.19. The topological polar surface area (TPSA) is 32.8 Å². The molecule has 0 N–H and O–H groups in total. The quantitative estimate of drug-likeness (QED) is 0.607. The zero-order valence-electron chi connectivity index (χ0n) is 18.3. The summed E-state index contributed by atoms with van der Waals surface area (Å²) in [6.07, 6.45) is 2.62. The minimum absolute atomic E-state index is 0.0930. The maximum Gasteiger partial charge on any atom is 0.227 e. The molecule has 1 aliphatic rings. The lowest BCUT2D eigenvalue weighted by atomic mass is 10.1. The summed E-state index contributed by atoms with van der Waals surface area (Å²) in [5, 5.41) is 0. The van der Waals surface area contributed by atoms with Crippen LogP contribution in [0.3, 0.4) is 0 Å². The van der Waals surface area contributed by atoms with Crippen molar-refractivity contribution in [2.45, 2.75) is 45.7 Å². The molecule has 1 heterocycles. The van der Waals surface area contributed by atoms with Gasteiger partial charge < -0.3 is 14.5 Å². The van der Waals surface area contributed by atoms with Crippen molar-refractivity contribution >= 4 is 5.91 Å². The average molecular weight is 413 g/mol. The van der Waals surface area contributed by atoms with E-state index in [1.807, 2.05) is 29.2 Å². The SMILES string of the molecule is CC(C)COc1ccc(CC(=O)N(Cc2ccc(F)cc2)C[C@@H]2CCCN2C)cc1. The molecule has 1 saturated heterocycles. The summed E-state index contributed by atoms with van der Waals surface area (Å²) >= 11 is 0. The van der Waals surface area contributed by atoms with Gasteiger partial charge in [0.05, 0.1) is 13.0 Å². The van der Waals surface area contributed by atoms with Crippen LogP contribution < -0.4 is 4.74 Å². The van der Waals surface area contributed by atoms with Crippen molar-refractivity contribution in [3.63, 3.8) is 0 Å². The first-order valence-electron chi connectivity index (χ1n) is 10.8. The molecule has 1 fully saturated rings. The van der Waals surface area contributed by atoms with Gasteiger partial charge in [0.1, 0.15) is 11.6 Å². The van der Waals surface area contributed by atoms with Gasteiger partial charge in [-0.3, -0.25) is 4.79 Å². The van der Waals surface area contributed by atoms with Gasteiger partial charge in [0.15, 0.2) is 0 Å². The van der Waals surface area contributed by atoms with Crippen molar-refractivity contribution in [2.75, 3.05) is 26.7 Å². The van der Waals surface area contributed by atoms with Gasteiger partial charge in [-0.05, 0) is 67.7 Å². The Hall–Kier alpha value is -2.40. The predicted molar refractivity (Wildman–Crippen MR) is 118 cm³/mol. The van der Waals surface area contributed by atoms with E-state index in [9.17, 15) is 9.18 Å². The number of carbonyl (C=O) groups is 1. The third-order valence-corrected chi connectivity index (χ3v) is 5.60. The fraction of sp³-hybridized carbons (Fsp3) is 0.480. The van der Waals surface area contributed by atoms with Crippen LogP contribution >= 0.6 is 0 Å². The summed E-state index contributed by atoms with van der Waals surface area (Å²) in [6, 6.07) is 14.6. The molecule has 0 aliphatic carbocycles. The number of ether oxygens (including phenoxy) is 1. The van der Waals surface area contributed by atoms with Crippen LogP contribution in [-0.4, -0.2) is 48.5 Å². The molecule has 4 nitrogen and oxygen atoms in total. The lowest BCUT2D eigenvalue weighted by molar-refractivity contribution is -0.131. The summed E-state index contributed by atoms with van der Waals surface area (Å²) < 4.78 is 19.0. The molecule has 5 heteroatoms. The maximum absolute atomic E-state index is 13.3. The second-order valence-corrected chi connectivity index (χ2v) is 8.70. The van der Waals surface area contributed by atoms with Crippen molar-refractivity contribution in [3.8, 4) is 5.75 Å². The molecule has 0 unspecified atom stereocenters. The van der Waals surface area contributed by atoms with Gasteiger partial charge in [0, 0.05) is 19.1 Å². The Bertz CT molecular complexity index is 805. The van der Waals surface area contributed by atoms with Crippen molar-refractivity contribution < 1.29 is 13.9 Å². The summed E-state index contributed by atoms with van der Waals surface area (Å²) in [7, 11) is 2.12. The van der Waals surface area contributed by atoms with E-state index in [1.165, 1.54) is 12.1 Å². The minimum Gasteiger partial charge on any atom is -0.493 e. The first-order chi connectivity index (χ1) is 14.4. The molecule has 162 valence electrons. The fourth-order valence-corrected chi connectivity index (χ4v) is 3.78. The number of amides is 1. The molecule has 3 rings (SSSR count). The summed E-state index contributed by atoms with van der Waals surface area (Å²) in [5.74, 6) is 1.14. The lowest BCUT2D eigenvalue weighted by Gasteiger charge is -2.29. The number of benzene rings is 2. The zero-order valence-corrected chi connectivity index (χ0v) is 18.3. The third kappa shape index (κ3) is 6.56. The van der Waals surface area contributed by atoms with Gasteiger partial charge >= 0.3 is 0 Å². The molecule has 1 amide bonds. The van der Waals surface area contributed by atoms with E-state index in [0.717, 1.165) is 36.3 Å². The average Bonchev–Trinajstić information content (AvgIpc) is 3.13. The summed E-state index contributed by atoms with van der Waals surface area (Å²) in [5.41, 5.74) is 1.92. The molecule has 1 atom stereocenters. The van der Waals surface area contributed by atoms with E-state index in [0.29, 0.717) is 38.1 Å². The number of carbonyl (C=O) groups excluding carboxylic acids is 1. The van der Waals surface area contributed by atoms with E-state index in [4.69, 9.17) is 4.74 Å². The third-order valence-electron chi connectivity index (χ3n) is 5.60. The number of likely N-dealkylation sites (tertiary alicyclic amines) is 1. The molecule has 2 aromatic rings. The molecular formula is C25H33FN2O2. The van der Waals surface area contributed by atoms with E-state index in [-0.39, 0.29) is 11.7 Å². The van der Waals surface area contributed by atoms with Crippen LogP contribution in [0, 0.1) is 11.7 Å². The van der Waals surface area contributed by atoms with E-state index in [2.05, 4.69) is 25.8 Å². The Morgan fingerprint density at radius 2 is 1.80 bits per heavy atom. The number of likely N-dealkylation sites (N-methyl/N-ethyl adjacent to an activating group) is 1. The molecule has 0 saturated carbocycles. The first kappa shape index (κ1) is 22.3. The number of nitrogens with zero attached hydrogens (tertiary/aromatic N) is 2. The van der Waals surface area contributed by atoms with Crippen molar-refractivity contribution in [3.05, 3.63) is 65.5 Å². The van der Waals surface area contributed by atoms with Crippen molar-refractivity contribution in [1.29, 1.82) is 0 Å². The first-order valence-corrected chi connectivity index (χ1v) is 10.8. The van der Waals surface area contributed by atoms with Crippen molar-refractivity contribution in [2.24, 2.45) is 5.92 Å². The fourth-order valence-electron chi connectivity index (χ4n) is 3.78. The monoisotopic (exact) mass is 412 g/mol. The van der Waals surface area contributed by atoms with Gasteiger partial charge in [0.25, 0.3) is 0 Å². The van der Waals surface area contributed by atoms with Crippen LogP contribution in [0.15, 0.2) is 48.5 Å². The standard InChI is InChI=1S/C25H33FN2O2/c1-19(2)18-30-24-12-8-20(9-13-24)15-25(29)28(17-23-5-4-14-27(23)3)16-21-6-10-22(26)11-7-21/h6-13,19,23H,4-5,14-18H2,1-3H3/t23-/m0/s1. The second-order valence-electron chi connectivity index (χ2n) is 8.70. The highest BCUT2D eigenvalue weighted by molar-refractivity contribution is 5.79. The Labute approximate surface area is 179 Å². The Morgan fingerprint density at radius 3 is 2.40 bits per heavy atom. The molecular weight excluding hydrogens is 379 g/mol. The van der Waals surface area contributed by atoms with Crippen LogP contribution in [0.25, 0.3) is 0 Å². The molecule has 1 aliphatic heterocycles. The lowest BCUT2D eigenvalue weighted by Crippen LogP contribution is -2.42. The van der Waals surface area contributed by atoms with Gasteiger partial charge in [0.2, 0.25) is 5.91 Å². The number of halogens is 1. The van der Waals surface area contributed by atoms with Crippen LogP contribution in [0.1, 0.15) is 37.8 Å². The molecule has 0 aromatic heterocycles. The van der Waals surface area contributed by atoms with Crippen LogP contribution in [0.4, 0.5) is 4.39 Å². The molecule has 30 heavy (non-hydrogen) atoms. The van der Waals surface area contributed by atoms with E-state index >= 15 is 0 Å². The van der Waals surface area contributed by atoms with E-state index < -0.39 is 0 Å². The Morgan fingerprint density at radius 1 is 1.13 bits per heavy atom. The normalized spacial score (nSPS) is 16.8. The van der Waals surface area contributed by atoms with Crippen LogP contribution in [0.2, 0.25) is 0 Å². The smallest absolute Gasteiger partial charge is 0.227 e. The van der Waals surface area contributed by atoms with Crippen molar-refractivity contribution in [1.82, 2.24) is 9.80 Å². The molecule has 2 aromatic carbocycles. The van der Waals surface area contributed by atoms with Crippen LogP contribution in [0.5, 0.6) is 5.75 Å². The van der Waals surface area contributed by atoms with Gasteiger partial charge in [-0.25, -0.2) is 4.39 Å². The highest BCUT2D eigenvalue weighted by atomic mass is 19.1. The number of hydrogen-bond donors (Lipinski definition) is 0. The number of hydrogen-bond acceptors (Lipinski definition) is 3. The van der Waals surface area contributed by atoms with Gasteiger partial charge in [-0.2, -0.15) is 0 Å². The maximum atomic E-state index is 13.3. The highest BCUT2D eigenvalue weighted by Gasteiger charge is 2.26. The van der Waals surface area contributed by atoms with Crippen LogP contribution in [-0.2, 0) is 17.8 Å². The minimum atomic E-state index is -0.257. The predicted octanol–water partition coefficient (Wildman–Crippen LogP) is 4.53. The zero-order chi connectivity index (χ0) is 21.5. The number of rotatable bonds is 9. The van der Waals surface area contributed by atoms with E-state index in [1.54, 1.807) is 12.1 Å². The Balaban J connectivity index is 1.66. The molecule has 0 bridgehead atoms. The van der Waals surface area contributed by atoms with Gasteiger partial charge in [-0.15, -0.1) is 0 Å². The second kappa shape index (κ2) is 10.6. The summed E-state index contributed by atoms with van der Waals surface area (Å²) in [6.45, 7) is 7.18. The molecule has 0 spiro atoms.